The molecule has 2 aliphatic rings. The van der Waals surface area contributed by atoms with Crippen molar-refractivity contribution < 1.29 is 9.59 Å². The van der Waals surface area contributed by atoms with Crippen LogP contribution in [0.25, 0.3) is 0 Å². The molecule has 1 amide bonds. The molecule has 4 heteroatoms. The van der Waals surface area contributed by atoms with E-state index >= 15 is 0 Å². The van der Waals surface area contributed by atoms with Crippen LogP contribution in [0.3, 0.4) is 0 Å². The second-order valence-electron chi connectivity index (χ2n) is 6.19. The molecule has 0 bridgehead atoms. The number of aldehydes is 1. The third-order valence-electron chi connectivity index (χ3n) is 5.20. The van der Waals surface area contributed by atoms with Crippen LogP contribution in [-0.4, -0.2) is 17.9 Å². The molecule has 0 unspecified atom stereocenters. The molecule has 22 heavy (non-hydrogen) atoms. The Kier molecular flexibility index (Phi) is 3.47. The summed E-state index contributed by atoms with van der Waals surface area (Å²) in [4.78, 5) is 24.6. The molecule has 0 aromatic heterocycles. The Morgan fingerprint density at radius 1 is 1.27 bits per heavy atom. The highest BCUT2D eigenvalue weighted by Crippen LogP contribution is 2.50. The van der Waals surface area contributed by atoms with Gasteiger partial charge in [-0.2, -0.15) is 10.1 Å². The van der Waals surface area contributed by atoms with Crippen LogP contribution in [0.1, 0.15) is 27.2 Å². The molecule has 114 valence electrons. The quantitative estimate of drug-likeness (QED) is 0.787. The number of carbonyl (C=O) groups excluding carboxylic acids is 2. The van der Waals surface area contributed by atoms with Crippen molar-refractivity contribution >= 4 is 23.6 Å². The van der Waals surface area contributed by atoms with Crippen molar-refractivity contribution in [3.63, 3.8) is 0 Å². The maximum absolute atomic E-state index is 13.2. The van der Waals surface area contributed by atoms with Crippen LogP contribution in [0, 0.1) is 17.3 Å². The number of allylic oxidation sites excluding steroid dienone is 2. The first-order valence-electron chi connectivity index (χ1n) is 7.64. The van der Waals surface area contributed by atoms with Crippen LogP contribution in [0.5, 0.6) is 0 Å². The van der Waals surface area contributed by atoms with Crippen LogP contribution in [0.15, 0.2) is 47.1 Å². The summed E-state index contributed by atoms with van der Waals surface area (Å²) in [5, 5.41) is 6.04. The zero-order chi connectivity index (χ0) is 15.9. The van der Waals surface area contributed by atoms with E-state index in [9.17, 15) is 9.59 Å². The summed E-state index contributed by atoms with van der Waals surface area (Å²) in [6, 6.07) is 9.45. The number of para-hydroxylation sites is 1. The minimum Gasteiger partial charge on any atom is -0.298 e. The number of rotatable bonds is 2. The van der Waals surface area contributed by atoms with Crippen LogP contribution in [0.2, 0.25) is 0 Å². The Labute approximate surface area is 130 Å². The number of benzene rings is 1. The van der Waals surface area contributed by atoms with E-state index in [0.717, 1.165) is 24.1 Å². The Morgan fingerprint density at radius 2 is 1.95 bits per heavy atom. The van der Waals surface area contributed by atoms with Crippen molar-refractivity contribution in [1.82, 2.24) is 0 Å². The molecule has 0 saturated heterocycles. The highest BCUT2D eigenvalue weighted by molar-refractivity contribution is 6.19. The number of amides is 1. The largest absolute Gasteiger partial charge is 0.298 e. The lowest BCUT2D eigenvalue weighted by molar-refractivity contribution is -0.128. The molecule has 3 atom stereocenters. The maximum Gasteiger partial charge on any atom is 0.260 e. The van der Waals surface area contributed by atoms with Crippen LogP contribution < -0.4 is 5.01 Å². The fourth-order valence-electron chi connectivity index (χ4n) is 3.93. The van der Waals surface area contributed by atoms with E-state index in [2.05, 4.69) is 12.0 Å². The molecule has 1 spiro atoms. The Morgan fingerprint density at radius 3 is 2.59 bits per heavy atom. The van der Waals surface area contributed by atoms with Crippen molar-refractivity contribution in [2.45, 2.75) is 27.2 Å². The number of hydrogen-bond acceptors (Lipinski definition) is 3. The minimum absolute atomic E-state index is 0.0244. The van der Waals surface area contributed by atoms with Crippen LogP contribution >= 0.6 is 0 Å². The van der Waals surface area contributed by atoms with E-state index in [0.29, 0.717) is 5.57 Å². The molecule has 1 aliphatic carbocycles. The Bertz CT molecular complexity index is 678. The smallest absolute Gasteiger partial charge is 0.260 e. The summed E-state index contributed by atoms with van der Waals surface area (Å²) in [6.45, 7) is 5.93. The molecule has 4 nitrogen and oxygen atoms in total. The lowest BCUT2D eigenvalue weighted by Gasteiger charge is -2.42. The fourth-order valence-corrected chi connectivity index (χ4v) is 3.93. The Balaban J connectivity index is 2.09. The van der Waals surface area contributed by atoms with E-state index < -0.39 is 5.41 Å². The molecule has 1 heterocycles. The first kappa shape index (κ1) is 14.7. The second-order valence-corrected chi connectivity index (χ2v) is 6.19. The number of hydrogen-bond donors (Lipinski definition) is 0. The van der Waals surface area contributed by atoms with Gasteiger partial charge in [0, 0.05) is 5.92 Å². The summed E-state index contributed by atoms with van der Waals surface area (Å²) >= 11 is 0. The molecule has 0 fully saturated rings. The number of carbonyl (C=O) groups is 2. The van der Waals surface area contributed by atoms with E-state index in [1.807, 2.05) is 50.3 Å². The van der Waals surface area contributed by atoms with Crippen molar-refractivity contribution in [1.29, 1.82) is 0 Å². The normalized spacial score (nSPS) is 31.2. The molecule has 0 saturated carbocycles. The predicted molar refractivity (Wildman–Crippen MR) is 86.6 cm³/mol. The lowest BCUT2D eigenvalue weighted by atomic mass is 9.59. The van der Waals surface area contributed by atoms with Crippen molar-refractivity contribution in [2.75, 3.05) is 5.01 Å². The van der Waals surface area contributed by atoms with E-state index in [1.165, 1.54) is 5.01 Å². The first-order valence-corrected chi connectivity index (χ1v) is 7.64. The minimum atomic E-state index is -0.708. The summed E-state index contributed by atoms with van der Waals surface area (Å²) in [5.74, 6) is -0.0569. The van der Waals surface area contributed by atoms with E-state index in [1.54, 1.807) is 0 Å². The number of hydrazone groups is 1. The zero-order valence-corrected chi connectivity index (χ0v) is 13.1. The van der Waals surface area contributed by atoms with Crippen LogP contribution in [0.4, 0.5) is 5.69 Å². The van der Waals surface area contributed by atoms with Gasteiger partial charge in [0.15, 0.2) is 0 Å². The van der Waals surface area contributed by atoms with E-state index in [4.69, 9.17) is 0 Å². The second kappa shape index (κ2) is 5.20. The van der Waals surface area contributed by atoms with Crippen molar-refractivity contribution in [3.8, 4) is 0 Å². The van der Waals surface area contributed by atoms with Gasteiger partial charge in [-0.05, 0) is 37.0 Å². The summed E-state index contributed by atoms with van der Waals surface area (Å²) in [6.07, 6.45) is 3.56. The molecular formula is C18H20N2O2. The third kappa shape index (κ3) is 1.79. The molecule has 1 aromatic carbocycles. The van der Waals surface area contributed by atoms with Gasteiger partial charge < -0.3 is 0 Å². The SMILES string of the molecule is CC1=NN(c2ccccc2)C(=O)[C@@]12[C@H](C)CC=C(C=O)[C@H]2C. The first-order chi connectivity index (χ1) is 10.5. The molecule has 1 aliphatic heterocycles. The van der Waals surface area contributed by atoms with Crippen molar-refractivity contribution in [2.24, 2.45) is 22.4 Å². The highest BCUT2D eigenvalue weighted by atomic mass is 16.2. The van der Waals surface area contributed by atoms with Gasteiger partial charge in [0.1, 0.15) is 11.7 Å². The van der Waals surface area contributed by atoms with Gasteiger partial charge in [-0.25, -0.2) is 0 Å². The van der Waals surface area contributed by atoms with Gasteiger partial charge >= 0.3 is 0 Å². The number of anilines is 1. The lowest BCUT2D eigenvalue weighted by Crippen LogP contribution is -2.51. The molecule has 1 aromatic rings. The van der Waals surface area contributed by atoms with E-state index in [-0.39, 0.29) is 17.7 Å². The van der Waals surface area contributed by atoms with Gasteiger partial charge in [0.2, 0.25) is 0 Å². The Hall–Kier alpha value is -2.23. The molecule has 3 rings (SSSR count). The highest BCUT2D eigenvalue weighted by Gasteiger charge is 2.58. The third-order valence-corrected chi connectivity index (χ3v) is 5.20. The summed E-state index contributed by atoms with van der Waals surface area (Å²) in [7, 11) is 0. The van der Waals surface area contributed by atoms with Crippen LogP contribution in [-0.2, 0) is 9.59 Å². The maximum atomic E-state index is 13.2. The zero-order valence-electron chi connectivity index (χ0n) is 13.1. The molecule has 0 radical (unpaired) electrons. The monoisotopic (exact) mass is 296 g/mol. The predicted octanol–water partition coefficient (Wildman–Crippen LogP) is 3.20. The van der Waals surface area contributed by atoms with Gasteiger partial charge in [-0.1, -0.05) is 38.1 Å². The number of nitrogens with zero attached hydrogens (tertiary/aromatic N) is 2. The summed E-state index contributed by atoms with van der Waals surface area (Å²) < 4.78 is 0. The topological polar surface area (TPSA) is 49.7 Å². The average molecular weight is 296 g/mol. The van der Waals surface area contributed by atoms with Gasteiger partial charge in [-0.15, -0.1) is 0 Å². The van der Waals surface area contributed by atoms with Gasteiger partial charge in [0.25, 0.3) is 5.91 Å². The average Bonchev–Trinajstić information content (AvgIpc) is 2.79. The standard InChI is InChI=1S/C18H20N2O2/c1-12-9-10-15(11-21)13(2)18(12)14(3)19-20(17(18)22)16-7-5-4-6-8-16/h4-8,10-13H,9H2,1-3H3/t12-,13-,18-/m1/s1. The summed E-state index contributed by atoms with van der Waals surface area (Å²) in [5.41, 5.74) is 1.57. The van der Waals surface area contributed by atoms with Gasteiger partial charge in [-0.3, -0.25) is 9.59 Å². The molecular weight excluding hydrogens is 276 g/mol. The van der Waals surface area contributed by atoms with Crippen molar-refractivity contribution in [3.05, 3.63) is 42.0 Å². The molecule has 0 N–H and O–H groups in total. The fraction of sp³-hybridized carbons (Fsp3) is 0.389. The van der Waals surface area contributed by atoms with Gasteiger partial charge in [0.05, 0.1) is 11.4 Å².